The Morgan fingerprint density at radius 3 is 2.71 bits per heavy atom. The molecule has 0 spiro atoms. The summed E-state index contributed by atoms with van der Waals surface area (Å²) in [7, 11) is 0. The lowest BCUT2D eigenvalue weighted by Gasteiger charge is -2.17. The van der Waals surface area contributed by atoms with E-state index in [2.05, 4.69) is 27.8 Å². The summed E-state index contributed by atoms with van der Waals surface area (Å²) >= 11 is 0. The molecule has 0 fully saturated rings. The molecule has 0 saturated heterocycles. The molecule has 0 radical (unpaired) electrons. The summed E-state index contributed by atoms with van der Waals surface area (Å²) < 4.78 is 5.83. The third-order valence-corrected chi connectivity index (χ3v) is 5.69. The first kappa shape index (κ1) is 26.0. The number of pyridine rings is 2. The lowest BCUT2D eigenvalue weighted by atomic mass is 10.1. The fourth-order valence-corrected chi connectivity index (χ4v) is 3.85. The second kappa shape index (κ2) is 12.8. The van der Waals surface area contributed by atoms with Crippen LogP contribution >= 0.6 is 13.5 Å². The van der Waals surface area contributed by atoms with Crippen molar-refractivity contribution in [2.75, 3.05) is 18.5 Å². The second-order valence-corrected chi connectivity index (χ2v) is 8.25. The van der Waals surface area contributed by atoms with Gasteiger partial charge >= 0.3 is 5.97 Å². The first-order valence-electron chi connectivity index (χ1n) is 11.5. The van der Waals surface area contributed by atoms with Gasteiger partial charge in [0, 0.05) is 31.1 Å². The number of carboxylic acid groups (broad SMARTS) is 1. The summed E-state index contributed by atoms with van der Waals surface area (Å²) in [6.45, 7) is 1.54. The van der Waals surface area contributed by atoms with E-state index in [1.54, 1.807) is 18.3 Å². The highest BCUT2D eigenvalue weighted by Gasteiger charge is 2.21. The van der Waals surface area contributed by atoms with Gasteiger partial charge < -0.3 is 20.5 Å². The van der Waals surface area contributed by atoms with E-state index in [0.29, 0.717) is 12.2 Å². The molecule has 0 bridgehead atoms. The van der Waals surface area contributed by atoms with E-state index in [-0.39, 0.29) is 19.9 Å². The van der Waals surface area contributed by atoms with E-state index in [9.17, 15) is 14.7 Å². The van der Waals surface area contributed by atoms with Crippen molar-refractivity contribution in [3.05, 3.63) is 83.3 Å². The molecule has 0 aliphatic carbocycles. The molecule has 4 rings (SSSR count). The number of carbonyl (C=O) groups is 2. The number of rotatable bonds is 10. The number of carboxylic acids is 1. The Bertz CT molecular complexity index is 1130. The predicted octanol–water partition coefficient (Wildman–Crippen LogP) is 3.38. The number of fused-ring (bicyclic) bond motifs is 1. The SMILES string of the molecule is O=C(N[C@@H](Cc1ccc(OCCCc2ccc3c(n2)NCCC3)cc1)C(=O)O)c1cccnc1.S. The Morgan fingerprint density at radius 2 is 1.97 bits per heavy atom. The fourth-order valence-electron chi connectivity index (χ4n) is 3.85. The third-order valence-electron chi connectivity index (χ3n) is 5.69. The van der Waals surface area contributed by atoms with Crippen molar-refractivity contribution in [2.45, 2.75) is 38.1 Å². The first-order valence-corrected chi connectivity index (χ1v) is 11.5. The number of hydrogen-bond donors (Lipinski definition) is 3. The molecule has 3 aromatic rings. The molecule has 1 aliphatic rings. The number of nitrogens with zero attached hydrogens (tertiary/aromatic N) is 2. The maximum absolute atomic E-state index is 12.3. The van der Waals surface area contributed by atoms with Crippen LogP contribution in [0.15, 0.2) is 60.9 Å². The second-order valence-electron chi connectivity index (χ2n) is 8.25. The molecule has 8 nitrogen and oxygen atoms in total. The Kier molecular flexibility index (Phi) is 9.48. The van der Waals surface area contributed by atoms with E-state index >= 15 is 0 Å². The molecule has 2 aromatic heterocycles. The lowest BCUT2D eigenvalue weighted by molar-refractivity contribution is -0.139. The Labute approximate surface area is 211 Å². The molecule has 9 heteroatoms. The number of nitrogens with one attached hydrogen (secondary N) is 2. The minimum Gasteiger partial charge on any atom is -0.494 e. The average Bonchev–Trinajstić information content (AvgIpc) is 2.87. The number of amides is 1. The van der Waals surface area contributed by atoms with E-state index in [1.165, 1.54) is 11.8 Å². The van der Waals surface area contributed by atoms with Crippen LogP contribution in [-0.2, 0) is 24.1 Å². The largest absolute Gasteiger partial charge is 0.494 e. The maximum Gasteiger partial charge on any atom is 0.326 e. The van der Waals surface area contributed by atoms with Crippen LogP contribution in [0.1, 0.15) is 40.0 Å². The molecule has 0 saturated carbocycles. The van der Waals surface area contributed by atoms with Gasteiger partial charge in [-0.2, -0.15) is 13.5 Å². The quantitative estimate of drug-likeness (QED) is 0.370. The van der Waals surface area contributed by atoms with Crippen LogP contribution in [0.25, 0.3) is 0 Å². The predicted molar refractivity (Wildman–Crippen MR) is 139 cm³/mol. The number of carbonyl (C=O) groups excluding carboxylic acids is 1. The number of aromatic nitrogens is 2. The van der Waals surface area contributed by atoms with Gasteiger partial charge in [0.1, 0.15) is 17.6 Å². The normalized spacial score (nSPS) is 12.9. The standard InChI is InChI=1S/C26H28N4O4.H2S/c31-25(20-5-1-13-27-17-20)30-23(26(32)33)16-18-7-11-22(12-8-18)34-15-3-6-21-10-9-19-4-2-14-28-24(19)29-21;/h1,5,7-13,17,23H,2-4,6,14-16H2,(H,28,29)(H,30,31)(H,32,33);1H2/t23-;/m0./s1. The van der Waals surface area contributed by atoms with Crippen molar-refractivity contribution in [3.63, 3.8) is 0 Å². The highest BCUT2D eigenvalue weighted by Crippen LogP contribution is 2.20. The minimum absolute atomic E-state index is 0. The van der Waals surface area contributed by atoms with Gasteiger partial charge in [0.2, 0.25) is 0 Å². The summed E-state index contributed by atoms with van der Waals surface area (Å²) in [5, 5.41) is 15.4. The Hall–Kier alpha value is -3.59. The van der Waals surface area contributed by atoms with Crippen molar-refractivity contribution in [1.29, 1.82) is 0 Å². The number of ether oxygens (including phenoxy) is 1. The van der Waals surface area contributed by atoms with Crippen LogP contribution in [0.3, 0.4) is 0 Å². The molecular weight excluding hydrogens is 464 g/mol. The molecular formula is C26H30N4O4S. The van der Waals surface area contributed by atoms with E-state index < -0.39 is 17.9 Å². The molecule has 184 valence electrons. The van der Waals surface area contributed by atoms with Crippen molar-refractivity contribution >= 4 is 31.2 Å². The zero-order chi connectivity index (χ0) is 23.8. The smallest absolute Gasteiger partial charge is 0.326 e. The number of anilines is 1. The highest BCUT2D eigenvalue weighted by molar-refractivity contribution is 7.59. The summed E-state index contributed by atoms with van der Waals surface area (Å²) in [6, 6.07) is 13.7. The first-order chi connectivity index (χ1) is 16.6. The monoisotopic (exact) mass is 494 g/mol. The van der Waals surface area contributed by atoms with Crippen LogP contribution in [0.5, 0.6) is 5.75 Å². The summed E-state index contributed by atoms with van der Waals surface area (Å²) in [5.41, 5.74) is 3.45. The van der Waals surface area contributed by atoms with Gasteiger partial charge in [0.15, 0.2) is 0 Å². The number of hydrogen-bond acceptors (Lipinski definition) is 6. The molecule has 1 aromatic carbocycles. The molecule has 3 N–H and O–H groups in total. The Balaban J connectivity index is 0.00000342. The average molecular weight is 495 g/mol. The molecule has 3 heterocycles. The zero-order valence-electron chi connectivity index (χ0n) is 19.4. The molecule has 1 amide bonds. The lowest BCUT2D eigenvalue weighted by Crippen LogP contribution is -2.42. The maximum atomic E-state index is 12.3. The van der Waals surface area contributed by atoms with Crippen LogP contribution in [0, 0.1) is 0 Å². The van der Waals surface area contributed by atoms with Crippen LogP contribution in [0.4, 0.5) is 5.82 Å². The molecule has 1 aliphatic heterocycles. The van der Waals surface area contributed by atoms with Gasteiger partial charge in [0.05, 0.1) is 12.2 Å². The molecule has 0 unspecified atom stereocenters. The molecule has 35 heavy (non-hydrogen) atoms. The van der Waals surface area contributed by atoms with E-state index in [4.69, 9.17) is 9.72 Å². The van der Waals surface area contributed by atoms with Crippen LogP contribution in [0.2, 0.25) is 0 Å². The number of aliphatic carboxylic acids is 1. The van der Waals surface area contributed by atoms with Crippen molar-refractivity contribution in [1.82, 2.24) is 15.3 Å². The van der Waals surface area contributed by atoms with Crippen LogP contribution in [-0.4, -0.2) is 46.1 Å². The summed E-state index contributed by atoms with van der Waals surface area (Å²) in [4.78, 5) is 32.5. The van der Waals surface area contributed by atoms with E-state index in [0.717, 1.165) is 55.1 Å². The summed E-state index contributed by atoms with van der Waals surface area (Å²) in [5.74, 6) is 0.167. The van der Waals surface area contributed by atoms with E-state index in [1.807, 2.05) is 24.3 Å². The van der Waals surface area contributed by atoms with Gasteiger partial charge in [-0.1, -0.05) is 18.2 Å². The van der Waals surface area contributed by atoms with Gasteiger partial charge in [-0.3, -0.25) is 9.78 Å². The zero-order valence-corrected chi connectivity index (χ0v) is 20.4. The highest BCUT2D eigenvalue weighted by atomic mass is 32.1. The summed E-state index contributed by atoms with van der Waals surface area (Å²) in [6.07, 6.45) is 7.03. The van der Waals surface area contributed by atoms with Gasteiger partial charge in [-0.25, -0.2) is 9.78 Å². The van der Waals surface area contributed by atoms with Crippen molar-refractivity contribution < 1.29 is 19.4 Å². The fraction of sp³-hybridized carbons (Fsp3) is 0.308. The van der Waals surface area contributed by atoms with Gasteiger partial charge in [0.25, 0.3) is 5.91 Å². The molecule has 1 atom stereocenters. The Morgan fingerprint density at radius 1 is 1.14 bits per heavy atom. The number of benzene rings is 1. The van der Waals surface area contributed by atoms with Gasteiger partial charge in [-0.05, 0) is 67.1 Å². The number of aryl methyl sites for hydroxylation is 2. The van der Waals surface area contributed by atoms with Crippen molar-refractivity contribution in [3.8, 4) is 5.75 Å². The van der Waals surface area contributed by atoms with Gasteiger partial charge in [-0.15, -0.1) is 0 Å². The topological polar surface area (TPSA) is 113 Å². The van der Waals surface area contributed by atoms with Crippen LogP contribution < -0.4 is 15.4 Å². The third kappa shape index (κ3) is 7.45. The van der Waals surface area contributed by atoms with Crippen molar-refractivity contribution in [2.24, 2.45) is 0 Å². The minimum atomic E-state index is -1.09.